The van der Waals surface area contributed by atoms with Crippen molar-refractivity contribution in [1.82, 2.24) is 19.4 Å². The molecule has 0 bridgehead atoms. The number of nitrogens with one attached hydrogen (secondary N) is 1. The van der Waals surface area contributed by atoms with E-state index in [9.17, 15) is 9.59 Å². The number of anilines is 1. The number of amides is 1. The average molecular weight is 313 g/mol. The predicted octanol–water partition coefficient (Wildman–Crippen LogP) is 0.898. The molecule has 0 saturated heterocycles. The molecular weight excluding hydrogens is 294 g/mol. The van der Waals surface area contributed by atoms with Crippen molar-refractivity contribution in [3.63, 3.8) is 0 Å². The summed E-state index contributed by atoms with van der Waals surface area (Å²) in [6.07, 6.45) is 3.65. The number of pyridine rings is 1. The minimum Gasteiger partial charge on any atom is -0.373 e. The molecule has 1 N–H and O–H groups in total. The fraction of sp³-hybridized carbons (Fsp3) is 0.375. The molecule has 0 aliphatic carbocycles. The van der Waals surface area contributed by atoms with E-state index in [1.807, 2.05) is 6.92 Å². The SMILES string of the molecule is CCn1cnc2c(c1=O)CCN(C(=O)c1ccc(NC)nc1)C2. The van der Waals surface area contributed by atoms with Crippen LogP contribution in [0.4, 0.5) is 5.82 Å². The van der Waals surface area contributed by atoms with Crippen LogP contribution in [-0.2, 0) is 19.5 Å². The van der Waals surface area contributed by atoms with Crippen LogP contribution in [0, 0.1) is 0 Å². The van der Waals surface area contributed by atoms with Gasteiger partial charge in [-0.15, -0.1) is 0 Å². The summed E-state index contributed by atoms with van der Waals surface area (Å²) in [6, 6.07) is 3.52. The second kappa shape index (κ2) is 6.20. The molecular formula is C16H19N5O2. The van der Waals surface area contributed by atoms with Crippen LogP contribution in [-0.4, -0.2) is 38.9 Å². The van der Waals surface area contributed by atoms with Crippen LogP contribution in [0.5, 0.6) is 0 Å². The summed E-state index contributed by atoms with van der Waals surface area (Å²) < 4.78 is 1.59. The van der Waals surface area contributed by atoms with E-state index in [1.54, 1.807) is 41.2 Å². The Morgan fingerprint density at radius 1 is 1.35 bits per heavy atom. The number of carbonyl (C=O) groups is 1. The predicted molar refractivity (Wildman–Crippen MR) is 86.4 cm³/mol. The van der Waals surface area contributed by atoms with Gasteiger partial charge in [0, 0.05) is 31.9 Å². The molecule has 120 valence electrons. The molecule has 0 spiro atoms. The summed E-state index contributed by atoms with van der Waals surface area (Å²) >= 11 is 0. The largest absolute Gasteiger partial charge is 0.373 e. The van der Waals surface area contributed by atoms with Crippen molar-refractivity contribution in [2.75, 3.05) is 18.9 Å². The Hall–Kier alpha value is -2.70. The molecule has 0 atom stereocenters. The van der Waals surface area contributed by atoms with Gasteiger partial charge in [-0.05, 0) is 25.5 Å². The van der Waals surface area contributed by atoms with Gasteiger partial charge in [0.2, 0.25) is 0 Å². The van der Waals surface area contributed by atoms with Gasteiger partial charge in [-0.2, -0.15) is 0 Å². The second-order valence-corrected chi connectivity index (χ2v) is 5.42. The highest BCUT2D eigenvalue weighted by atomic mass is 16.2. The monoisotopic (exact) mass is 313 g/mol. The first-order valence-electron chi connectivity index (χ1n) is 7.64. The van der Waals surface area contributed by atoms with Crippen LogP contribution >= 0.6 is 0 Å². The number of fused-ring (bicyclic) bond motifs is 1. The van der Waals surface area contributed by atoms with Crippen molar-refractivity contribution in [1.29, 1.82) is 0 Å². The summed E-state index contributed by atoms with van der Waals surface area (Å²) in [5.41, 5.74) is 1.96. The lowest BCUT2D eigenvalue weighted by atomic mass is 10.1. The Bertz CT molecular complexity index is 782. The Balaban J connectivity index is 1.82. The number of rotatable bonds is 3. The topological polar surface area (TPSA) is 80.1 Å². The van der Waals surface area contributed by atoms with E-state index in [0.29, 0.717) is 43.1 Å². The smallest absolute Gasteiger partial charge is 0.256 e. The first-order chi connectivity index (χ1) is 11.1. The van der Waals surface area contributed by atoms with E-state index in [4.69, 9.17) is 0 Å². The van der Waals surface area contributed by atoms with Gasteiger partial charge in [0.25, 0.3) is 11.5 Å². The van der Waals surface area contributed by atoms with Crippen LogP contribution in [0.3, 0.4) is 0 Å². The lowest BCUT2D eigenvalue weighted by Crippen LogP contribution is -2.40. The summed E-state index contributed by atoms with van der Waals surface area (Å²) in [5, 5.41) is 2.92. The van der Waals surface area contributed by atoms with Gasteiger partial charge < -0.3 is 10.2 Å². The minimum atomic E-state index is -0.0905. The lowest BCUT2D eigenvalue weighted by Gasteiger charge is -2.28. The Morgan fingerprint density at radius 2 is 2.17 bits per heavy atom. The number of carbonyl (C=O) groups excluding carboxylic acids is 1. The van der Waals surface area contributed by atoms with Gasteiger partial charge in [-0.25, -0.2) is 9.97 Å². The van der Waals surface area contributed by atoms with Crippen molar-refractivity contribution in [3.8, 4) is 0 Å². The normalized spacial score (nSPS) is 13.6. The van der Waals surface area contributed by atoms with Crippen LogP contribution in [0.25, 0.3) is 0 Å². The van der Waals surface area contributed by atoms with Crippen molar-refractivity contribution >= 4 is 11.7 Å². The molecule has 2 aromatic rings. The third kappa shape index (κ3) is 2.81. The Morgan fingerprint density at radius 3 is 2.83 bits per heavy atom. The Labute approximate surface area is 134 Å². The maximum absolute atomic E-state index is 12.6. The number of aryl methyl sites for hydroxylation is 1. The van der Waals surface area contributed by atoms with Crippen LogP contribution in [0.1, 0.15) is 28.5 Å². The van der Waals surface area contributed by atoms with Gasteiger partial charge in [-0.3, -0.25) is 14.2 Å². The van der Waals surface area contributed by atoms with E-state index < -0.39 is 0 Å². The molecule has 0 radical (unpaired) electrons. The van der Waals surface area contributed by atoms with E-state index in [-0.39, 0.29) is 11.5 Å². The summed E-state index contributed by atoms with van der Waals surface area (Å²) in [4.78, 5) is 35.1. The standard InChI is InChI=1S/C16H19N5O2/c1-3-20-10-19-13-9-21(7-6-12(13)16(20)23)15(22)11-4-5-14(17-2)18-8-11/h4-5,8,10H,3,6-7,9H2,1-2H3,(H,17,18). The van der Waals surface area contributed by atoms with Crippen molar-refractivity contribution in [2.24, 2.45) is 0 Å². The molecule has 0 fully saturated rings. The molecule has 0 unspecified atom stereocenters. The highest BCUT2D eigenvalue weighted by Crippen LogP contribution is 2.16. The van der Waals surface area contributed by atoms with Gasteiger partial charge >= 0.3 is 0 Å². The number of hydrogen-bond acceptors (Lipinski definition) is 5. The number of nitrogens with zero attached hydrogens (tertiary/aromatic N) is 4. The lowest BCUT2D eigenvalue weighted by molar-refractivity contribution is 0.0730. The maximum atomic E-state index is 12.6. The molecule has 7 nitrogen and oxygen atoms in total. The van der Waals surface area contributed by atoms with E-state index in [1.165, 1.54) is 0 Å². The quantitative estimate of drug-likeness (QED) is 0.910. The molecule has 1 aliphatic heterocycles. The zero-order valence-corrected chi connectivity index (χ0v) is 13.2. The molecule has 3 rings (SSSR count). The van der Waals surface area contributed by atoms with E-state index >= 15 is 0 Å². The van der Waals surface area contributed by atoms with E-state index in [0.717, 1.165) is 5.56 Å². The molecule has 1 aliphatic rings. The van der Waals surface area contributed by atoms with E-state index in [2.05, 4.69) is 15.3 Å². The molecule has 1 amide bonds. The van der Waals surface area contributed by atoms with Crippen molar-refractivity contribution in [2.45, 2.75) is 26.4 Å². The summed E-state index contributed by atoms with van der Waals surface area (Å²) in [5.74, 6) is 0.625. The fourth-order valence-corrected chi connectivity index (χ4v) is 2.71. The van der Waals surface area contributed by atoms with Crippen LogP contribution in [0.2, 0.25) is 0 Å². The molecule has 2 aromatic heterocycles. The molecule has 3 heterocycles. The van der Waals surface area contributed by atoms with Gasteiger partial charge in [0.15, 0.2) is 0 Å². The highest BCUT2D eigenvalue weighted by Gasteiger charge is 2.25. The molecule has 0 saturated carbocycles. The van der Waals surface area contributed by atoms with Gasteiger partial charge in [-0.1, -0.05) is 0 Å². The van der Waals surface area contributed by atoms with Gasteiger partial charge in [0.1, 0.15) is 5.82 Å². The maximum Gasteiger partial charge on any atom is 0.256 e. The van der Waals surface area contributed by atoms with Gasteiger partial charge in [0.05, 0.1) is 24.1 Å². The Kier molecular flexibility index (Phi) is 4.10. The second-order valence-electron chi connectivity index (χ2n) is 5.42. The van der Waals surface area contributed by atoms with Crippen LogP contribution < -0.4 is 10.9 Å². The minimum absolute atomic E-state index is 0.00430. The average Bonchev–Trinajstić information content (AvgIpc) is 2.61. The molecule has 0 aromatic carbocycles. The van der Waals surface area contributed by atoms with Crippen molar-refractivity contribution in [3.05, 3.63) is 51.8 Å². The highest BCUT2D eigenvalue weighted by molar-refractivity contribution is 5.94. The number of hydrogen-bond donors (Lipinski definition) is 1. The molecule has 7 heteroatoms. The first-order valence-corrected chi connectivity index (χ1v) is 7.64. The fourth-order valence-electron chi connectivity index (χ4n) is 2.71. The first kappa shape index (κ1) is 15.2. The van der Waals surface area contributed by atoms with Crippen molar-refractivity contribution < 1.29 is 4.79 Å². The third-order valence-corrected chi connectivity index (χ3v) is 4.09. The zero-order chi connectivity index (χ0) is 16.4. The molecule has 23 heavy (non-hydrogen) atoms. The zero-order valence-electron chi connectivity index (χ0n) is 13.2. The summed E-state index contributed by atoms with van der Waals surface area (Å²) in [6.45, 7) is 3.40. The summed E-state index contributed by atoms with van der Waals surface area (Å²) in [7, 11) is 1.78. The van der Waals surface area contributed by atoms with Crippen LogP contribution in [0.15, 0.2) is 29.5 Å². The third-order valence-electron chi connectivity index (χ3n) is 4.09. The number of aromatic nitrogens is 3.